The second-order valence-electron chi connectivity index (χ2n) is 6.59. The molecule has 0 bridgehead atoms. The molecule has 0 aliphatic heterocycles. The zero-order chi connectivity index (χ0) is 19.2. The standard InChI is InChI=1S/C21H24ClN5/c1-15-13-20(23-12-11-16-5-4-6-17(22)14-16)26-21(24-15)25-18-7-9-19(10-8-18)27(2)3/h4-10,13-14H,11-12H2,1-3H3,(H2,23,24,25,26). The molecule has 140 valence electrons. The third-order valence-electron chi connectivity index (χ3n) is 4.10. The van der Waals surface area contributed by atoms with Crippen LogP contribution >= 0.6 is 11.6 Å². The summed E-state index contributed by atoms with van der Waals surface area (Å²) in [6.45, 7) is 2.73. The van der Waals surface area contributed by atoms with Crippen LogP contribution in [0, 0.1) is 6.92 Å². The molecule has 0 unspecified atom stereocenters. The summed E-state index contributed by atoms with van der Waals surface area (Å²) < 4.78 is 0. The van der Waals surface area contributed by atoms with E-state index in [1.165, 1.54) is 5.56 Å². The number of rotatable bonds is 7. The van der Waals surface area contributed by atoms with Crippen molar-refractivity contribution in [2.24, 2.45) is 0 Å². The molecule has 2 N–H and O–H groups in total. The number of anilines is 4. The van der Waals surface area contributed by atoms with Crippen LogP contribution in [0.3, 0.4) is 0 Å². The maximum Gasteiger partial charge on any atom is 0.229 e. The monoisotopic (exact) mass is 381 g/mol. The fraction of sp³-hybridized carbons (Fsp3) is 0.238. The van der Waals surface area contributed by atoms with Crippen molar-refractivity contribution in [3.05, 3.63) is 70.9 Å². The van der Waals surface area contributed by atoms with Gasteiger partial charge in [-0.1, -0.05) is 23.7 Å². The van der Waals surface area contributed by atoms with Gasteiger partial charge >= 0.3 is 0 Å². The zero-order valence-electron chi connectivity index (χ0n) is 15.8. The van der Waals surface area contributed by atoms with Crippen molar-refractivity contribution in [3.8, 4) is 0 Å². The largest absolute Gasteiger partial charge is 0.378 e. The second-order valence-corrected chi connectivity index (χ2v) is 7.03. The number of hydrogen-bond donors (Lipinski definition) is 2. The highest BCUT2D eigenvalue weighted by molar-refractivity contribution is 6.30. The molecule has 0 spiro atoms. The summed E-state index contributed by atoms with van der Waals surface area (Å²) in [5.41, 5.74) is 4.20. The summed E-state index contributed by atoms with van der Waals surface area (Å²) in [6.07, 6.45) is 0.873. The predicted molar refractivity (Wildman–Crippen MR) is 114 cm³/mol. The third kappa shape index (κ3) is 5.59. The van der Waals surface area contributed by atoms with Gasteiger partial charge in [-0.25, -0.2) is 4.98 Å². The first-order valence-electron chi connectivity index (χ1n) is 8.88. The molecule has 0 saturated heterocycles. The van der Waals surface area contributed by atoms with Gasteiger partial charge in [0.1, 0.15) is 5.82 Å². The first kappa shape index (κ1) is 19.0. The van der Waals surface area contributed by atoms with Crippen LogP contribution in [0.2, 0.25) is 5.02 Å². The molecular weight excluding hydrogens is 358 g/mol. The summed E-state index contributed by atoms with van der Waals surface area (Å²) in [7, 11) is 4.04. The molecule has 0 atom stereocenters. The van der Waals surface area contributed by atoms with Gasteiger partial charge in [0.05, 0.1) is 0 Å². The second kappa shape index (κ2) is 8.73. The highest BCUT2D eigenvalue weighted by Gasteiger charge is 2.04. The number of aryl methyl sites for hydroxylation is 1. The molecule has 0 radical (unpaired) electrons. The lowest BCUT2D eigenvalue weighted by molar-refractivity contribution is 0.995. The molecule has 0 amide bonds. The highest BCUT2D eigenvalue weighted by atomic mass is 35.5. The average molecular weight is 382 g/mol. The molecular formula is C21H24ClN5. The molecule has 2 aromatic carbocycles. The van der Waals surface area contributed by atoms with Crippen LogP contribution in [0.1, 0.15) is 11.3 Å². The lowest BCUT2D eigenvalue weighted by Crippen LogP contribution is -2.09. The highest BCUT2D eigenvalue weighted by Crippen LogP contribution is 2.19. The van der Waals surface area contributed by atoms with E-state index in [4.69, 9.17) is 11.6 Å². The Labute approximate surface area is 165 Å². The molecule has 1 heterocycles. The number of aromatic nitrogens is 2. The minimum atomic E-state index is 0.581. The van der Waals surface area contributed by atoms with Crippen LogP contribution in [0.15, 0.2) is 54.6 Å². The third-order valence-corrected chi connectivity index (χ3v) is 4.34. The normalized spacial score (nSPS) is 10.5. The summed E-state index contributed by atoms with van der Waals surface area (Å²) in [5.74, 6) is 1.38. The van der Waals surface area contributed by atoms with E-state index in [0.717, 1.165) is 40.9 Å². The van der Waals surface area contributed by atoms with E-state index < -0.39 is 0 Å². The van der Waals surface area contributed by atoms with Crippen molar-refractivity contribution in [2.75, 3.05) is 36.2 Å². The van der Waals surface area contributed by atoms with Gasteiger partial charge in [0.15, 0.2) is 0 Å². The van der Waals surface area contributed by atoms with Crippen molar-refractivity contribution in [1.29, 1.82) is 0 Å². The molecule has 6 heteroatoms. The van der Waals surface area contributed by atoms with Gasteiger partial charge in [-0.15, -0.1) is 0 Å². The van der Waals surface area contributed by atoms with Gasteiger partial charge in [0.2, 0.25) is 5.95 Å². The van der Waals surface area contributed by atoms with E-state index in [0.29, 0.717) is 5.95 Å². The lowest BCUT2D eigenvalue weighted by atomic mass is 10.1. The molecule has 0 saturated carbocycles. The SMILES string of the molecule is Cc1cc(NCCc2cccc(Cl)c2)nc(Nc2ccc(N(C)C)cc2)n1. The van der Waals surface area contributed by atoms with Crippen molar-refractivity contribution in [3.63, 3.8) is 0 Å². The fourth-order valence-electron chi connectivity index (χ4n) is 2.71. The summed E-state index contributed by atoms with van der Waals surface area (Å²) >= 11 is 6.03. The maximum absolute atomic E-state index is 6.03. The number of benzene rings is 2. The van der Waals surface area contributed by atoms with Crippen LogP contribution in [0.25, 0.3) is 0 Å². The predicted octanol–water partition coefficient (Wildman–Crippen LogP) is 4.90. The number of nitrogens with one attached hydrogen (secondary N) is 2. The van der Waals surface area contributed by atoms with Gasteiger partial charge in [-0.2, -0.15) is 4.98 Å². The molecule has 3 aromatic rings. The Hall–Kier alpha value is -2.79. The number of halogens is 1. The van der Waals surface area contributed by atoms with Gasteiger partial charge in [0, 0.05) is 48.8 Å². The van der Waals surface area contributed by atoms with Gasteiger partial charge in [-0.05, 0) is 55.3 Å². The summed E-state index contributed by atoms with van der Waals surface area (Å²) in [4.78, 5) is 11.1. The lowest BCUT2D eigenvalue weighted by Gasteiger charge is -2.13. The Morgan fingerprint density at radius 3 is 2.48 bits per heavy atom. The molecule has 0 aliphatic rings. The number of hydrogen-bond acceptors (Lipinski definition) is 5. The van der Waals surface area contributed by atoms with E-state index in [-0.39, 0.29) is 0 Å². The van der Waals surface area contributed by atoms with Crippen molar-refractivity contribution >= 4 is 34.7 Å². The van der Waals surface area contributed by atoms with Gasteiger partial charge in [0.25, 0.3) is 0 Å². The molecule has 27 heavy (non-hydrogen) atoms. The van der Waals surface area contributed by atoms with Crippen molar-refractivity contribution < 1.29 is 0 Å². The van der Waals surface area contributed by atoms with Crippen molar-refractivity contribution in [2.45, 2.75) is 13.3 Å². The summed E-state index contributed by atoms with van der Waals surface area (Å²) in [5, 5.41) is 7.39. The molecule has 0 fully saturated rings. The van der Waals surface area contributed by atoms with E-state index in [1.807, 2.05) is 57.4 Å². The molecule has 3 rings (SSSR count). The smallest absolute Gasteiger partial charge is 0.229 e. The average Bonchev–Trinajstić information content (AvgIpc) is 2.62. The molecule has 1 aromatic heterocycles. The van der Waals surface area contributed by atoms with Crippen LogP contribution in [0.4, 0.5) is 23.1 Å². The van der Waals surface area contributed by atoms with E-state index >= 15 is 0 Å². The fourth-order valence-corrected chi connectivity index (χ4v) is 2.93. The Bertz CT molecular complexity index is 893. The quantitative estimate of drug-likeness (QED) is 0.609. The molecule has 0 aliphatic carbocycles. The number of nitrogens with zero attached hydrogens (tertiary/aromatic N) is 3. The Morgan fingerprint density at radius 2 is 1.78 bits per heavy atom. The first-order valence-corrected chi connectivity index (χ1v) is 9.26. The molecule has 5 nitrogen and oxygen atoms in total. The van der Waals surface area contributed by atoms with Crippen LogP contribution in [-0.4, -0.2) is 30.6 Å². The van der Waals surface area contributed by atoms with Crippen molar-refractivity contribution in [1.82, 2.24) is 9.97 Å². The summed E-state index contributed by atoms with van der Waals surface area (Å²) in [6, 6.07) is 18.0. The topological polar surface area (TPSA) is 53.1 Å². The van der Waals surface area contributed by atoms with E-state index in [2.05, 4.69) is 43.7 Å². The van der Waals surface area contributed by atoms with E-state index in [1.54, 1.807) is 0 Å². The van der Waals surface area contributed by atoms with Gasteiger partial charge in [-0.3, -0.25) is 0 Å². The van der Waals surface area contributed by atoms with Crippen LogP contribution < -0.4 is 15.5 Å². The first-order chi connectivity index (χ1) is 13.0. The van der Waals surface area contributed by atoms with Crippen LogP contribution in [0.5, 0.6) is 0 Å². The Morgan fingerprint density at radius 1 is 1.00 bits per heavy atom. The minimum Gasteiger partial charge on any atom is -0.378 e. The maximum atomic E-state index is 6.03. The van der Waals surface area contributed by atoms with Gasteiger partial charge < -0.3 is 15.5 Å². The van der Waals surface area contributed by atoms with Crippen LogP contribution in [-0.2, 0) is 6.42 Å². The Kier molecular flexibility index (Phi) is 6.14. The van der Waals surface area contributed by atoms with E-state index in [9.17, 15) is 0 Å². The zero-order valence-corrected chi connectivity index (χ0v) is 16.6. The minimum absolute atomic E-state index is 0.581. The Balaban J connectivity index is 1.63.